The molecule has 0 bridgehead atoms. The van der Waals surface area contributed by atoms with E-state index in [4.69, 9.17) is 0 Å². The summed E-state index contributed by atoms with van der Waals surface area (Å²) >= 11 is 0. The van der Waals surface area contributed by atoms with E-state index in [1.54, 1.807) is 0 Å². The number of aromatic nitrogens is 2. The van der Waals surface area contributed by atoms with E-state index in [9.17, 15) is 0 Å². The largest absolute Gasteiger partial charge is 0.311 e. The van der Waals surface area contributed by atoms with Gasteiger partial charge in [-0.1, -0.05) is 13.8 Å². The van der Waals surface area contributed by atoms with E-state index in [0.717, 1.165) is 31.8 Å². The van der Waals surface area contributed by atoms with E-state index < -0.39 is 0 Å². The van der Waals surface area contributed by atoms with E-state index in [1.165, 1.54) is 25.2 Å². The first kappa shape index (κ1) is 14.5. The topological polar surface area (TPSA) is 33.1 Å². The third-order valence-electron chi connectivity index (χ3n) is 4.21. The van der Waals surface area contributed by atoms with Crippen molar-refractivity contribution in [2.24, 2.45) is 5.92 Å². The Labute approximate surface area is 117 Å². The predicted octanol–water partition coefficient (Wildman–Crippen LogP) is 2.29. The van der Waals surface area contributed by atoms with Gasteiger partial charge in [0.25, 0.3) is 0 Å². The zero-order valence-corrected chi connectivity index (χ0v) is 12.6. The van der Waals surface area contributed by atoms with Crippen LogP contribution in [0.3, 0.4) is 0 Å². The lowest BCUT2D eigenvalue weighted by atomic mass is 10.1. The van der Waals surface area contributed by atoms with Crippen LogP contribution in [0.1, 0.15) is 44.8 Å². The molecular weight excluding hydrogens is 236 g/mol. The van der Waals surface area contributed by atoms with Crippen molar-refractivity contribution in [2.75, 3.05) is 26.7 Å². The molecule has 1 unspecified atom stereocenters. The fraction of sp³-hybridized carbons (Fsp3) is 0.800. The predicted molar refractivity (Wildman–Crippen MR) is 79.2 cm³/mol. The van der Waals surface area contributed by atoms with E-state index in [0.29, 0.717) is 6.04 Å². The van der Waals surface area contributed by atoms with Gasteiger partial charge in [0.05, 0.1) is 11.7 Å². The van der Waals surface area contributed by atoms with Gasteiger partial charge in [-0.25, -0.2) is 0 Å². The molecule has 108 valence electrons. The molecule has 0 amide bonds. The Morgan fingerprint density at radius 2 is 2.21 bits per heavy atom. The summed E-state index contributed by atoms with van der Waals surface area (Å²) in [6.07, 6.45) is 5.75. The first-order chi connectivity index (χ1) is 9.22. The summed E-state index contributed by atoms with van der Waals surface area (Å²) in [5.41, 5.74) is 1.17. The van der Waals surface area contributed by atoms with Crippen LogP contribution in [-0.4, -0.2) is 41.4 Å². The molecule has 0 aliphatic carbocycles. The number of hydrogen-bond acceptors (Lipinski definition) is 3. The summed E-state index contributed by atoms with van der Waals surface area (Å²) in [7, 11) is 2.21. The third kappa shape index (κ3) is 4.05. The molecule has 1 fully saturated rings. The average molecular weight is 264 g/mol. The number of hydrogen-bond donors (Lipinski definition) is 1. The Morgan fingerprint density at radius 1 is 1.42 bits per heavy atom. The summed E-state index contributed by atoms with van der Waals surface area (Å²) in [4.78, 5) is 2.41. The molecule has 1 aromatic heterocycles. The lowest BCUT2D eigenvalue weighted by Crippen LogP contribution is -2.25. The lowest BCUT2D eigenvalue weighted by Gasteiger charge is -2.13. The molecule has 1 aliphatic heterocycles. The SMILES string of the molecule is CCC(CC)n1ccc(CNCC2CCN(C)C2)n1. The minimum atomic E-state index is 0.553. The molecule has 2 rings (SSSR count). The molecule has 0 radical (unpaired) electrons. The zero-order valence-electron chi connectivity index (χ0n) is 12.6. The fourth-order valence-electron chi connectivity index (χ4n) is 2.94. The molecule has 1 aromatic rings. The van der Waals surface area contributed by atoms with Gasteiger partial charge in [0, 0.05) is 19.3 Å². The van der Waals surface area contributed by atoms with Crippen molar-refractivity contribution in [1.82, 2.24) is 20.0 Å². The van der Waals surface area contributed by atoms with Gasteiger partial charge in [-0.15, -0.1) is 0 Å². The molecular formula is C15H28N4. The zero-order chi connectivity index (χ0) is 13.7. The highest BCUT2D eigenvalue weighted by Gasteiger charge is 2.18. The van der Waals surface area contributed by atoms with Crippen LogP contribution in [0.15, 0.2) is 12.3 Å². The van der Waals surface area contributed by atoms with E-state index in [2.05, 4.69) is 53.2 Å². The molecule has 4 nitrogen and oxygen atoms in total. The summed E-state index contributed by atoms with van der Waals surface area (Å²) in [5, 5.41) is 8.23. The Balaban J connectivity index is 1.74. The van der Waals surface area contributed by atoms with Gasteiger partial charge in [0.2, 0.25) is 0 Å². The third-order valence-corrected chi connectivity index (χ3v) is 4.21. The van der Waals surface area contributed by atoms with Crippen LogP contribution in [0.5, 0.6) is 0 Å². The van der Waals surface area contributed by atoms with Crippen molar-refractivity contribution in [3.05, 3.63) is 18.0 Å². The Hall–Kier alpha value is -0.870. The van der Waals surface area contributed by atoms with Crippen LogP contribution in [-0.2, 0) is 6.54 Å². The van der Waals surface area contributed by atoms with Gasteiger partial charge in [-0.2, -0.15) is 5.10 Å². The maximum absolute atomic E-state index is 4.68. The second-order valence-electron chi connectivity index (χ2n) is 5.81. The van der Waals surface area contributed by atoms with Crippen LogP contribution in [0.25, 0.3) is 0 Å². The van der Waals surface area contributed by atoms with Crippen molar-refractivity contribution in [3.63, 3.8) is 0 Å². The second-order valence-corrected chi connectivity index (χ2v) is 5.81. The van der Waals surface area contributed by atoms with E-state index in [1.807, 2.05) is 0 Å². The average Bonchev–Trinajstić information content (AvgIpc) is 3.01. The molecule has 2 heterocycles. The van der Waals surface area contributed by atoms with Gasteiger partial charge in [0.1, 0.15) is 0 Å². The van der Waals surface area contributed by atoms with Crippen molar-refractivity contribution in [2.45, 2.75) is 45.7 Å². The van der Waals surface area contributed by atoms with Crippen LogP contribution in [0.4, 0.5) is 0 Å². The standard InChI is InChI=1S/C15H28N4/c1-4-15(5-2)19-9-7-14(17-19)11-16-10-13-6-8-18(3)12-13/h7,9,13,15-16H,4-6,8,10-12H2,1-3H3. The number of nitrogens with zero attached hydrogens (tertiary/aromatic N) is 3. The van der Waals surface area contributed by atoms with Crippen molar-refractivity contribution in [1.29, 1.82) is 0 Å². The molecule has 1 saturated heterocycles. The fourth-order valence-corrected chi connectivity index (χ4v) is 2.94. The molecule has 1 atom stereocenters. The van der Waals surface area contributed by atoms with Gasteiger partial charge in [0.15, 0.2) is 0 Å². The molecule has 19 heavy (non-hydrogen) atoms. The molecule has 0 aromatic carbocycles. The molecule has 0 saturated carbocycles. The highest BCUT2D eigenvalue weighted by Crippen LogP contribution is 2.15. The van der Waals surface area contributed by atoms with Crippen molar-refractivity contribution < 1.29 is 0 Å². The normalized spacial score (nSPS) is 20.5. The smallest absolute Gasteiger partial charge is 0.0762 e. The van der Waals surface area contributed by atoms with E-state index >= 15 is 0 Å². The van der Waals surface area contributed by atoms with Crippen LogP contribution < -0.4 is 5.32 Å². The maximum Gasteiger partial charge on any atom is 0.0762 e. The quantitative estimate of drug-likeness (QED) is 0.820. The minimum Gasteiger partial charge on any atom is -0.311 e. The monoisotopic (exact) mass is 264 g/mol. The minimum absolute atomic E-state index is 0.553. The first-order valence-corrected chi connectivity index (χ1v) is 7.66. The molecule has 1 aliphatic rings. The summed E-state index contributed by atoms with van der Waals surface area (Å²) < 4.78 is 2.13. The molecule has 1 N–H and O–H groups in total. The lowest BCUT2D eigenvalue weighted by molar-refractivity contribution is 0.387. The molecule has 0 spiro atoms. The number of likely N-dealkylation sites (tertiary alicyclic amines) is 1. The summed E-state index contributed by atoms with van der Waals surface area (Å²) in [6, 6.07) is 2.70. The molecule has 4 heteroatoms. The Morgan fingerprint density at radius 3 is 2.84 bits per heavy atom. The van der Waals surface area contributed by atoms with Gasteiger partial charge in [-0.3, -0.25) is 4.68 Å². The maximum atomic E-state index is 4.68. The highest BCUT2D eigenvalue weighted by molar-refractivity contribution is 4.99. The summed E-state index contributed by atoms with van der Waals surface area (Å²) in [5.74, 6) is 0.811. The summed E-state index contributed by atoms with van der Waals surface area (Å²) in [6.45, 7) is 8.94. The van der Waals surface area contributed by atoms with Crippen LogP contribution in [0, 0.1) is 5.92 Å². The van der Waals surface area contributed by atoms with Crippen molar-refractivity contribution in [3.8, 4) is 0 Å². The second kappa shape index (κ2) is 7.06. The number of nitrogens with one attached hydrogen (secondary N) is 1. The van der Waals surface area contributed by atoms with Crippen molar-refractivity contribution >= 4 is 0 Å². The highest BCUT2D eigenvalue weighted by atomic mass is 15.3. The van der Waals surface area contributed by atoms with Gasteiger partial charge >= 0.3 is 0 Å². The van der Waals surface area contributed by atoms with Gasteiger partial charge in [-0.05, 0) is 51.4 Å². The Kier molecular flexibility index (Phi) is 5.40. The van der Waals surface area contributed by atoms with Gasteiger partial charge < -0.3 is 10.2 Å². The Bertz CT molecular complexity index is 370. The van der Waals surface area contributed by atoms with E-state index in [-0.39, 0.29) is 0 Å². The van der Waals surface area contributed by atoms with Crippen LogP contribution in [0.2, 0.25) is 0 Å². The number of rotatable bonds is 7. The first-order valence-electron chi connectivity index (χ1n) is 7.66. The van der Waals surface area contributed by atoms with Crippen LogP contribution >= 0.6 is 0 Å².